The first-order valence-corrected chi connectivity index (χ1v) is 9.08. The third kappa shape index (κ3) is 3.34. The normalized spacial score (nSPS) is 19.6. The SMILES string of the molecule is O=c1[nH]c(O)c(/C=c2\cnn3c(=NC4CC4)nc(NN4CCOCC4)nc23)[nH]1. The van der Waals surface area contributed by atoms with Crippen LogP contribution in [-0.2, 0) is 4.74 Å². The standard InChI is InChI=1S/C16H19N9O3/c26-13-11(19-16(27)21-13)7-9-8-17-25-12(9)20-14(22-15(25)18-10-1-2-10)23-24-3-5-28-6-4-24/h7-8,10,26H,1-6H2,(H,18,22,23)(H2,19,21,27)/b9-7+. The van der Waals surface area contributed by atoms with E-state index in [4.69, 9.17) is 4.74 Å². The molecule has 146 valence electrons. The predicted octanol–water partition coefficient (Wildman–Crippen LogP) is -1.88. The zero-order chi connectivity index (χ0) is 19.1. The molecule has 1 aliphatic carbocycles. The van der Waals surface area contributed by atoms with Crippen LogP contribution < -0.4 is 22.0 Å². The van der Waals surface area contributed by atoms with Crippen molar-refractivity contribution in [1.29, 1.82) is 0 Å². The highest BCUT2D eigenvalue weighted by atomic mass is 16.5. The number of ether oxygens (including phenoxy) is 1. The summed E-state index contributed by atoms with van der Waals surface area (Å²) in [5.74, 6) is 0.170. The zero-order valence-corrected chi connectivity index (χ0v) is 14.9. The van der Waals surface area contributed by atoms with Gasteiger partial charge < -0.3 is 14.8 Å². The Morgan fingerprint density at radius 2 is 2.11 bits per heavy atom. The summed E-state index contributed by atoms with van der Waals surface area (Å²) < 4.78 is 6.93. The lowest BCUT2D eigenvalue weighted by molar-refractivity contribution is 0.0492. The van der Waals surface area contributed by atoms with Gasteiger partial charge in [-0.25, -0.2) is 14.8 Å². The molecule has 0 amide bonds. The van der Waals surface area contributed by atoms with Crippen molar-refractivity contribution in [2.75, 3.05) is 31.7 Å². The van der Waals surface area contributed by atoms with Gasteiger partial charge in [0.05, 0.1) is 25.5 Å². The molecule has 4 N–H and O–H groups in total. The van der Waals surface area contributed by atoms with Crippen molar-refractivity contribution in [2.24, 2.45) is 4.99 Å². The van der Waals surface area contributed by atoms with E-state index in [0.717, 1.165) is 25.9 Å². The number of anilines is 1. The van der Waals surface area contributed by atoms with Gasteiger partial charge in [0.25, 0.3) is 5.62 Å². The van der Waals surface area contributed by atoms with Gasteiger partial charge in [-0.15, -0.1) is 0 Å². The molecule has 3 aromatic heterocycles. The summed E-state index contributed by atoms with van der Waals surface area (Å²) in [6, 6.07) is 0.260. The molecule has 1 saturated carbocycles. The molecule has 12 heteroatoms. The molecule has 0 bridgehead atoms. The number of H-pyrrole nitrogens is 2. The van der Waals surface area contributed by atoms with Crippen molar-refractivity contribution in [3.63, 3.8) is 0 Å². The highest BCUT2D eigenvalue weighted by Gasteiger charge is 2.21. The van der Waals surface area contributed by atoms with Crippen LogP contribution >= 0.6 is 0 Å². The molecule has 28 heavy (non-hydrogen) atoms. The molecule has 1 aliphatic heterocycles. The van der Waals surface area contributed by atoms with Crippen LogP contribution in [0.15, 0.2) is 16.0 Å². The van der Waals surface area contributed by atoms with Gasteiger partial charge in [-0.05, 0) is 18.9 Å². The molecule has 0 unspecified atom stereocenters. The van der Waals surface area contributed by atoms with Crippen LogP contribution in [-0.4, -0.2) is 72.0 Å². The van der Waals surface area contributed by atoms with Gasteiger partial charge in [-0.3, -0.25) is 10.4 Å². The predicted molar refractivity (Wildman–Crippen MR) is 97.2 cm³/mol. The minimum absolute atomic E-state index is 0.243. The highest BCUT2D eigenvalue weighted by Crippen LogP contribution is 2.22. The fraction of sp³-hybridized carbons (Fsp3) is 0.438. The smallest absolute Gasteiger partial charge is 0.326 e. The lowest BCUT2D eigenvalue weighted by atomic mass is 10.3. The zero-order valence-electron chi connectivity index (χ0n) is 14.9. The van der Waals surface area contributed by atoms with Gasteiger partial charge in [0.15, 0.2) is 5.65 Å². The largest absolute Gasteiger partial charge is 0.493 e. The lowest BCUT2D eigenvalue weighted by Gasteiger charge is -2.26. The average molecular weight is 385 g/mol. The fourth-order valence-corrected chi connectivity index (χ4v) is 2.95. The van der Waals surface area contributed by atoms with Gasteiger partial charge in [-0.1, -0.05) is 0 Å². The summed E-state index contributed by atoms with van der Waals surface area (Å²) in [6.45, 7) is 2.72. The number of imidazole rings is 1. The molecular weight excluding hydrogens is 366 g/mol. The number of nitrogens with one attached hydrogen (secondary N) is 3. The Morgan fingerprint density at radius 1 is 1.29 bits per heavy atom. The van der Waals surface area contributed by atoms with E-state index in [9.17, 15) is 9.90 Å². The number of morpholine rings is 1. The van der Waals surface area contributed by atoms with Crippen molar-refractivity contribution in [3.05, 3.63) is 33.2 Å². The minimum Gasteiger partial charge on any atom is -0.493 e. The number of hydrogen-bond acceptors (Lipinski definition) is 9. The first-order valence-electron chi connectivity index (χ1n) is 9.08. The second kappa shape index (κ2) is 6.73. The molecule has 12 nitrogen and oxygen atoms in total. The van der Waals surface area contributed by atoms with E-state index in [1.165, 1.54) is 0 Å². The Hall–Kier alpha value is -3.25. The van der Waals surface area contributed by atoms with Gasteiger partial charge in [0.1, 0.15) is 5.69 Å². The van der Waals surface area contributed by atoms with Crippen LogP contribution in [0.4, 0.5) is 5.95 Å². The molecular formula is C16H19N9O3. The van der Waals surface area contributed by atoms with Crippen molar-refractivity contribution in [2.45, 2.75) is 18.9 Å². The Morgan fingerprint density at radius 3 is 2.82 bits per heavy atom. The number of aromatic nitrogens is 6. The van der Waals surface area contributed by atoms with Crippen LogP contribution in [0, 0.1) is 0 Å². The highest BCUT2D eigenvalue weighted by molar-refractivity contribution is 5.57. The number of hydrazine groups is 1. The van der Waals surface area contributed by atoms with Crippen LogP contribution in [0.2, 0.25) is 0 Å². The fourth-order valence-electron chi connectivity index (χ4n) is 2.95. The number of fused-ring (bicyclic) bond motifs is 1. The van der Waals surface area contributed by atoms with Crippen molar-refractivity contribution in [3.8, 4) is 5.88 Å². The van der Waals surface area contributed by atoms with Gasteiger partial charge in [0, 0.05) is 18.3 Å². The molecule has 5 rings (SSSR count). The Bertz CT molecular complexity index is 1180. The summed E-state index contributed by atoms with van der Waals surface area (Å²) in [7, 11) is 0. The molecule has 1 saturated heterocycles. The Labute approximate surface area is 157 Å². The maximum atomic E-state index is 11.4. The topological polar surface area (TPSA) is 149 Å². The second-order valence-corrected chi connectivity index (χ2v) is 6.74. The van der Waals surface area contributed by atoms with Crippen LogP contribution in [0.3, 0.4) is 0 Å². The number of aromatic amines is 2. The second-order valence-electron chi connectivity index (χ2n) is 6.74. The summed E-state index contributed by atoms with van der Waals surface area (Å²) in [6.07, 6.45) is 5.27. The van der Waals surface area contributed by atoms with Gasteiger partial charge in [-0.2, -0.15) is 19.6 Å². The first-order chi connectivity index (χ1) is 13.7. The molecule has 0 radical (unpaired) electrons. The third-order valence-electron chi connectivity index (χ3n) is 4.53. The van der Waals surface area contributed by atoms with Crippen LogP contribution in [0.5, 0.6) is 5.88 Å². The van der Waals surface area contributed by atoms with Crippen molar-refractivity contribution >= 4 is 17.7 Å². The van der Waals surface area contributed by atoms with Gasteiger partial charge in [0.2, 0.25) is 11.8 Å². The van der Waals surface area contributed by atoms with E-state index in [0.29, 0.717) is 35.6 Å². The molecule has 4 heterocycles. The molecule has 2 fully saturated rings. The summed E-state index contributed by atoms with van der Waals surface area (Å²) >= 11 is 0. The molecule has 0 atom stereocenters. The minimum atomic E-state index is -0.492. The van der Waals surface area contributed by atoms with E-state index in [1.54, 1.807) is 16.8 Å². The number of aromatic hydroxyl groups is 1. The molecule has 3 aromatic rings. The summed E-state index contributed by atoms with van der Waals surface area (Å²) in [5.41, 5.74) is 3.95. The number of nitrogens with zero attached hydrogens (tertiary/aromatic N) is 6. The van der Waals surface area contributed by atoms with Gasteiger partial charge >= 0.3 is 5.69 Å². The number of rotatable bonds is 4. The third-order valence-corrected chi connectivity index (χ3v) is 4.53. The van der Waals surface area contributed by atoms with Crippen LogP contribution in [0.25, 0.3) is 11.7 Å². The molecule has 2 aliphatic rings. The number of hydrogen-bond donors (Lipinski definition) is 4. The first kappa shape index (κ1) is 16.9. The summed E-state index contributed by atoms with van der Waals surface area (Å²) in [5, 5.41) is 16.8. The van der Waals surface area contributed by atoms with E-state index in [2.05, 4.69) is 35.5 Å². The van der Waals surface area contributed by atoms with Crippen molar-refractivity contribution < 1.29 is 9.84 Å². The maximum Gasteiger partial charge on any atom is 0.326 e. The average Bonchev–Trinajstić information content (AvgIpc) is 3.32. The molecule has 0 aromatic carbocycles. The Balaban J connectivity index is 1.63. The Kier molecular flexibility index (Phi) is 4.06. The quantitative estimate of drug-likeness (QED) is 0.408. The van der Waals surface area contributed by atoms with E-state index in [1.807, 2.05) is 5.01 Å². The monoisotopic (exact) mass is 385 g/mol. The van der Waals surface area contributed by atoms with E-state index in [-0.39, 0.29) is 17.6 Å². The lowest BCUT2D eigenvalue weighted by Crippen LogP contribution is -2.41. The maximum absolute atomic E-state index is 11.4. The van der Waals surface area contributed by atoms with E-state index < -0.39 is 5.69 Å². The summed E-state index contributed by atoms with van der Waals surface area (Å²) in [4.78, 5) is 29.9. The van der Waals surface area contributed by atoms with Crippen molar-refractivity contribution in [1.82, 2.24) is 34.6 Å². The molecule has 0 spiro atoms. The van der Waals surface area contributed by atoms with Crippen LogP contribution in [0.1, 0.15) is 18.5 Å². The van der Waals surface area contributed by atoms with E-state index >= 15 is 0 Å².